The summed E-state index contributed by atoms with van der Waals surface area (Å²) in [6.45, 7) is 8.36. The molecule has 208 valence electrons. The third kappa shape index (κ3) is 7.79. The molecule has 0 fully saturated rings. The van der Waals surface area contributed by atoms with Gasteiger partial charge in [-0.25, -0.2) is 0 Å². The van der Waals surface area contributed by atoms with Crippen LogP contribution < -0.4 is 10.6 Å². The third-order valence-electron chi connectivity index (χ3n) is 6.39. The molecular formula is C24H42N2O10. The van der Waals surface area contributed by atoms with E-state index in [1.165, 1.54) is 41.5 Å². The van der Waals surface area contributed by atoms with Crippen LogP contribution in [0.3, 0.4) is 0 Å². The fraction of sp³-hybridized carbons (Fsp3) is 0.792. The second-order valence-electron chi connectivity index (χ2n) is 10.1. The fourth-order valence-corrected chi connectivity index (χ4v) is 3.45. The molecule has 0 saturated heterocycles. The van der Waals surface area contributed by atoms with E-state index >= 15 is 0 Å². The predicted molar refractivity (Wildman–Crippen MR) is 128 cm³/mol. The van der Waals surface area contributed by atoms with Gasteiger partial charge in [0, 0.05) is 23.8 Å². The summed E-state index contributed by atoms with van der Waals surface area (Å²) in [4.78, 5) is 64.0. The number of amides is 2. The van der Waals surface area contributed by atoms with Gasteiger partial charge in [0.15, 0.2) is 11.2 Å². The van der Waals surface area contributed by atoms with Crippen molar-refractivity contribution in [2.75, 3.05) is 26.4 Å². The number of carbonyl (C=O) groups is 5. The van der Waals surface area contributed by atoms with E-state index < -0.39 is 83.5 Å². The Balaban J connectivity index is 6.09. The van der Waals surface area contributed by atoms with Gasteiger partial charge in [0.25, 0.3) is 0 Å². The van der Waals surface area contributed by atoms with Gasteiger partial charge in [0.2, 0.25) is 11.8 Å². The van der Waals surface area contributed by atoms with Crippen LogP contribution in [0.25, 0.3) is 0 Å². The molecule has 6 N–H and O–H groups in total. The van der Waals surface area contributed by atoms with Gasteiger partial charge in [-0.1, -0.05) is 34.6 Å². The molecule has 0 aromatic rings. The Morgan fingerprint density at radius 3 is 1.72 bits per heavy atom. The van der Waals surface area contributed by atoms with Crippen LogP contribution in [0.4, 0.5) is 0 Å². The highest BCUT2D eigenvalue weighted by Gasteiger charge is 2.54. The smallest absolute Gasteiger partial charge is 0.322 e. The van der Waals surface area contributed by atoms with Gasteiger partial charge in [-0.3, -0.25) is 24.0 Å². The molecule has 0 aliphatic carbocycles. The number of ether oxygens (including phenoxy) is 1. The van der Waals surface area contributed by atoms with Gasteiger partial charge in [-0.2, -0.15) is 0 Å². The SMILES string of the molecule is CCOC(=O)C(CC)(C(C)=O)C(NC(=O)[C@H](O)C(C)(C)CO)C(=O)CCNC(=O)[C@H](O)C(C)(C)CO. The monoisotopic (exact) mass is 518 g/mol. The normalized spacial score (nSPS) is 16.2. The molecule has 0 rings (SSSR count). The molecule has 4 atom stereocenters. The van der Waals surface area contributed by atoms with Crippen LogP contribution in [0.5, 0.6) is 0 Å². The number of aliphatic hydroxyl groups is 4. The van der Waals surface area contributed by atoms with E-state index in [2.05, 4.69) is 10.6 Å². The van der Waals surface area contributed by atoms with Crippen molar-refractivity contribution in [3.05, 3.63) is 0 Å². The highest BCUT2D eigenvalue weighted by molar-refractivity contribution is 6.09. The number of rotatable bonds is 16. The van der Waals surface area contributed by atoms with Crippen molar-refractivity contribution in [3.8, 4) is 0 Å². The van der Waals surface area contributed by atoms with Crippen molar-refractivity contribution in [1.29, 1.82) is 0 Å². The summed E-state index contributed by atoms with van der Waals surface area (Å²) < 4.78 is 5.05. The topological polar surface area (TPSA) is 200 Å². The molecule has 2 unspecified atom stereocenters. The Bertz CT molecular complexity index is 811. The maximum Gasteiger partial charge on any atom is 0.322 e. The lowest BCUT2D eigenvalue weighted by Crippen LogP contribution is -2.62. The molecule has 0 aromatic heterocycles. The third-order valence-corrected chi connectivity index (χ3v) is 6.39. The molecule has 12 heteroatoms. The van der Waals surface area contributed by atoms with Crippen LogP contribution in [0.15, 0.2) is 0 Å². The Morgan fingerprint density at radius 1 is 0.861 bits per heavy atom. The average molecular weight is 519 g/mol. The van der Waals surface area contributed by atoms with Crippen LogP contribution in [0, 0.1) is 16.2 Å². The summed E-state index contributed by atoms with van der Waals surface area (Å²) in [7, 11) is 0. The molecule has 0 aliphatic heterocycles. The number of carbonyl (C=O) groups excluding carboxylic acids is 5. The van der Waals surface area contributed by atoms with Crippen LogP contribution in [0.2, 0.25) is 0 Å². The summed E-state index contributed by atoms with van der Waals surface area (Å²) in [5.74, 6) is -4.51. The van der Waals surface area contributed by atoms with E-state index in [0.29, 0.717) is 0 Å². The minimum atomic E-state index is -2.10. The fourth-order valence-electron chi connectivity index (χ4n) is 3.45. The van der Waals surface area contributed by atoms with Crippen LogP contribution in [0.1, 0.15) is 61.3 Å². The first-order valence-electron chi connectivity index (χ1n) is 11.9. The lowest BCUT2D eigenvalue weighted by Gasteiger charge is -2.37. The van der Waals surface area contributed by atoms with Gasteiger partial charge in [-0.15, -0.1) is 0 Å². The lowest BCUT2D eigenvalue weighted by molar-refractivity contribution is -0.165. The van der Waals surface area contributed by atoms with Gasteiger partial charge < -0.3 is 35.8 Å². The molecule has 0 heterocycles. The molecule has 0 saturated carbocycles. The lowest BCUT2D eigenvalue weighted by atomic mass is 9.72. The number of hydrogen-bond donors (Lipinski definition) is 6. The summed E-state index contributed by atoms with van der Waals surface area (Å²) in [6.07, 6.45) is -4.02. The number of esters is 1. The van der Waals surface area contributed by atoms with E-state index in [-0.39, 0.29) is 19.6 Å². The summed E-state index contributed by atoms with van der Waals surface area (Å²) in [5.41, 5.74) is -4.54. The maximum absolute atomic E-state index is 13.3. The molecule has 0 spiro atoms. The van der Waals surface area contributed by atoms with Crippen LogP contribution >= 0.6 is 0 Å². The van der Waals surface area contributed by atoms with Crippen molar-refractivity contribution in [3.63, 3.8) is 0 Å². The van der Waals surface area contributed by atoms with Crippen LogP contribution in [-0.4, -0.2) is 94.4 Å². The van der Waals surface area contributed by atoms with E-state index in [0.717, 1.165) is 6.92 Å². The molecule has 36 heavy (non-hydrogen) atoms. The first-order chi connectivity index (χ1) is 16.5. The quantitative estimate of drug-likeness (QED) is 0.107. The summed E-state index contributed by atoms with van der Waals surface area (Å²) in [6, 6.07) is -1.74. The average Bonchev–Trinajstić information content (AvgIpc) is 2.82. The molecule has 0 bridgehead atoms. The second kappa shape index (κ2) is 13.8. The molecule has 0 aliphatic rings. The first kappa shape index (κ1) is 33.6. The second-order valence-corrected chi connectivity index (χ2v) is 10.1. The maximum atomic E-state index is 13.3. The largest absolute Gasteiger partial charge is 0.465 e. The highest BCUT2D eigenvalue weighted by atomic mass is 16.5. The van der Waals surface area contributed by atoms with Crippen molar-refractivity contribution >= 4 is 29.4 Å². The Hall–Kier alpha value is -2.41. The minimum Gasteiger partial charge on any atom is -0.465 e. The number of hydrogen-bond acceptors (Lipinski definition) is 10. The van der Waals surface area contributed by atoms with E-state index in [4.69, 9.17) is 4.74 Å². The zero-order chi connectivity index (χ0) is 28.5. The standard InChI is InChI=1S/C24H42N2O10/c1-8-24(14(3)29,21(35)36-9-2)16(26-20(34)18(32)23(6,7)13-28)15(30)10-11-25-19(33)17(31)22(4,5)12-27/h16-18,27-28,31-32H,8-13H2,1-7H3,(H,25,33)(H,26,34)/t16?,17-,18-,24?/m0/s1. The Morgan fingerprint density at radius 2 is 1.33 bits per heavy atom. The van der Waals surface area contributed by atoms with E-state index in [1.807, 2.05) is 0 Å². The zero-order valence-corrected chi connectivity index (χ0v) is 22.2. The number of ketones is 2. The Kier molecular flexibility index (Phi) is 12.9. The summed E-state index contributed by atoms with van der Waals surface area (Å²) in [5, 5.41) is 44.0. The molecule has 12 nitrogen and oxygen atoms in total. The van der Waals surface area contributed by atoms with Gasteiger partial charge in [-0.05, 0) is 20.3 Å². The van der Waals surface area contributed by atoms with Crippen molar-refractivity contribution in [2.45, 2.75) is 79.6 Å². The van der Waals surface area contributed by atoms with Crippen molar-refractivity contribution < 1.29 is 49.1 Å². The van der Waals surface area contributed by atoms with Crippen molar-refractivity contribution in [1.82, 2.24) is 10.6 Å². The molecule has 0 aromatic carbocycles. The van der Waals surface area contributed by atoms with Crippen molar-refractivity contribution in [2.24, 2.45) is 16.2 Å². The van der Waals surface area contributed by atoms with E-state index in [9.17, 15) is 44.4 Å². The molecule has 2 amide bonds. The Labute approximate surface area is 211 Å². The highest BCUT2D eigenvalue weighted by Crippen LogP contribution is 2.32. The number of Topliss-reactive ketones (excluding diaryl/α,β-unsaturated/α-hetero) is 2. The number of nitrogens with one attached hydrogen (secondary N) is 2. The van der Waals surface area contributed by atoms with Crippen LogP contribution in [-0.2, 0) is 28.7 Å². The minimum absolute atomic E-state index is 0.0997. The zero-order valence-electron chi connectivity index (χ0n) is 22.2. The first-order valence-corrected chi connectivity index (χ1v) is 11.9. The summed E-state index contributed by atoms with van der Waals surface area (Å²) >= 11 is 0. The van der Waals surface area contributed by atoms with Gasteiger partial charge in [0.05, 0.1) is 19.8 Å². The predicted octanol–water partition coefficient (Wildman–Crippen LogP) is -1.15. The number of aliphatic hydroxyl groups excluding tert-OH is 4. The van der Waals surface area contributed by atoms with E-state index in [1.54, 1.807) is 0 Å². The van der Waals surface area contributed by atoms with Gasteiger partial charge >= 0.3 is 5.97 Å². The molecular weight excluding hydrogens is 476 g/mol. The van der Waals surface area contributed by atoms with Gasteiger partial charge in [0.1, 0.15) is 24.0 Å². The molecule has 0 radical (unpaired) electrons.